The number of amides is 1. The molecule has 0 fully saturated rings. The first-order valence-electron chi connectivity index (χ1n) is 6.04. The van der Waals surface area contributed by atoms with Gasteiger partial charge < -0.3 is 4.90 Å². The van der Waals surface area contributed by atoms with Crippen LogP contribution in [0.15, 0.2) is 34.9 Å². The summed E-state index contributed by atoms with van der Waals surface area (Å²) in [5, 5.41) is 6.68. The van der Waals surface area contributed by atoms with Crippen LogP contribution in [0.25, 0.3) is 0 Å². The molecule has 100 valence electrons. The van der Waals surface area contributed by atoms with Gasteiger partial charge in [-0.05, 0) is 25.5 Å². The number of carbonyl (C=O) groups is 1. The van der Waals surface area contributed by atoms with Crippen molar-refractivity contribution >= 4 is 21.8 Å². The van der Waals surface area contributed by atoms with Crippen molar-refractivity contribution in [1.82, 2.24) is 15.1 Å². The Morgan fingerprint density at radius 3 is 2.68 bits per heavy atom. The van der Waals surface area contributed by atoms with Gasteiger partial charge in [0, 0.05) is 17.2 Å². The minimum Gasteiger partial charge on any atom is -0.335 e. The molecule has 5 heteroatoms. The molecular formula is C14H16BrN3O. The first-order chi connectivity index (χ1) is 9.02. The predicted molar refractivity (Wildman–Crippen MR) is 78.0 cm³/mol. The molecule has 1 heterocycles. The summed E-state index contributed by atoms with van der Waals surface area (Å²) in [4.78, 5) is 14.1. The van der Waals surface area contributed by atoms with Gasteiger partial charge in [-0.2, -0.15) is 5.10 Å². The summed E-state index contributed by atoms with van der Waals surface area (Å²) in [6.07, 6.45) is 1.57. The molecule has 2 rings (SSSR count). The minimum absolute atomic E-state index is 0.0163. The van der Waals surface area contributed by atoms with Crippen molar-refractivity contribution in [1.29, 1.82) is 0 Å². The normalized spacial score (nSPS) is 12.2. The Labute approximate surface area is 120 Å². The van der Waals surface area contributed by atoms with Crippen molar-refractivity contribution < 1.29 is 4.79 Å². The molecule has 1 N–H and O–H groups in total. The zero-order chi connectivity index (χ0) is 14.0. The third-order valence-electron chi connectivity index (χ3n) is 3.32. The summed E-state index contributed by atoms with van der Waals surface area (Å²) in [7, 11) is 1.80. The molecule has 0 aliphatic rings. The van der Waals surface area contributed by atoms with Crippen LogP contribution in [0.2, 0.25) is 0 Å². The molecule has 1 aromatic heterocycles. The van der Waals surface area contributed by atoms with E-state index in [0.717, 1.165) is 15.7 Å². The molecule has 0 saturated carbocycles. The van der Waals surface area contributed by atoms with Gasteiger partial charge in [-0.15, -0.1) is 0 Å². The summed E-state index contributed by atoms with van der Waals surface area (Å²) in [5.41, 5.74) is 2.48. The van der Waals surface area contributed by atoms with Crippen molar-refractivity contribution in [3.8, 4) is 0 Å². The first-order valence-corrected chi connectivity index (χ1v) is 6.83. The maximum absolute atomic E-state index is 12.4. The smallest absolute Gasteiger partial charge is 0.257 e. The van der Waals surface area contributed by atoms with Crippen molar-refractivity contribution in [3.05, 3.63) is 51.8 Å². The van der Waals surface area contributed by atoms with Crippen molar-refractivity contribution in [2.45, 2.75) is 19.9 Å². The van der Waals surface area contributed by atoms with Crippen LogP contribution in [-0.2, 0) is 0 Å². The zero-order valence-corrected chi connectivity index (χ0v) is 12.7. The number of benzene rings is 1. The van der Waals surface area contributed by atoms with E-state index in [9.17, 15) is 4.79 Å². The van der Waals surface area contributed by atoms with Crippen molar-refractivity contribution in [2.75, 3.05) is 7.05 Å². The van der Waals surface area contributed by atoms with Crippen molar-refractivity contribution in [3.63, 3.8) is 0 Å². The Balaban J connectivity index is 2.25. The molecule has 2 aromatic rings. The molecule has 4 nitrogen and oxygen atoms in total. The van der Waals surface area contributed by atoms with Gasteiger partial charge in [0.25, 0.3) is 5.91 Å². The molecular weight excluding hydrogens is 306 g/mol. The highest BCUT2D eigenvalue weighted by Gasteiger charge is 2.22. The molecule has 1 atom stereocenters. The highest BCUT2D eigenvalue weighted by molar-refractivity contribution is 9.10. The van der Waals surface area contributed by atoms with Crippen LogP contribution in [0.3, 0.4) is 0 Å². The number of halogens is 1. The summed E-state index contributed by atoms with van der Waals surface area (Å²) >= 11 is 3.52. The number of nitrogens with one attached hydrogen (secondary N) is 1. The van der Waals surface area contributed by atoms with E-state index in [1.54, 1.807) is 18.1 Å². The lowest BCUT2D eigenvalue weighted by molar-refractivity contribution is 0.0741. The summed E-state index contributed by atoms with van der Waals surface area (Å²) in [6.45, 7) is 3.85. The quantitative estimate of drug-likeness (QED) is 0.942. The van der Waals surface area contributed by atoms with Crippen LogP contribution in [0.1, 0.15) is 34.6 Å². The average molecular weight is 322 g/mol. The van der Waals surface area contributed by atoms with E-state index in [1.807, 2.05) is 38.1 Å². The molecule has 1 amide bonds. The van der Waals surface area contributed by atoms with Crippen LogP contribution in [0.4, 0.5) is 0 Å². The number of hydrogen-bond donors (Lipinski definition) is 1. The molecule has 0 bridgehead atoms. The molecule has 1 aromatic carbocycles. The number of aromatic nitrogens is 2. The van der Waals surface area contributed by atoms with E-state index < -0.39 is 0 Å². The monoisotopic (exact) mass is 321 g/mol. The first kappa shape index (κ1) is 13.8. The number of nitrogens with zero attached hydrogens (tertiary/aromatic N) is 2. The van der Waals surface area contributed by atoms with E-state index in [-0.39, 0.29) is 11.9 Å². The number of carbonyl (C=O) groups excluding carboxylic acids is 1. The molecule has 0 aliphatic heterocycles. The minimum atomic E-state index is -0.0329. The second-order valence-corrected chi connectivity index (χ2v) is 5.38. The lowest BCUT2D eigenvalue weighted by atomic mass is 10.1. The lowest BCUT2D eigenvalue weighted by Crippen LogP contribution is -2.30. The molecule has 0 radical (unpaired) electrons. The topological polar surface area (TPSA) is 49.0 Å². The van der Waals surface area contributed by atoms with Crippen molar-refractivity contribution in [2.24, 2.45) is 0 Å². The third-order valence-corrected chi connectivity index (χ3v) is 4.04. The van der Waals surface area contributed by atoms with E-state index in [4.69, 9.17) is 0 Å². The zero-order valence-electron chi connectivity index (χ0n) is 11.1. The highest BCUT2D eigenvalue weighted by atomic mass is 79.9. The number of aromatic amines is 1. The lowest BCUT2D eigenvalue weighted by Gasteiger charge is -2.26. The third kappa shape index (κ3) is 2.71. The van der Waals surface area contributed by atoms with Crippen LogP contribution in [0.5, 0.6) is 0 Å². The second-order valence-electron chi connectivity index (χ2n) is 4.52. The Hall–Kier alpha value is -1.62. The van der Waals surface area contributed by atoms with E-state index in [0.29, 0.717) is 5.56 Å². The number of H-pyrrole nitrogens is 1. The number of rotatable bonds is 3. The Morgan fingerprint density at radius 2 is 2.11 bits per heavy atom. The van der Waals surface area contributed by atoms with Crippen LogP contribution in [0, 0.1) is 6.92 Å². The van der Waals surface area contributed by atoms with Gasteiger partial charge in [0.1, 0.15) is 0 Å². The van der Waals surface area contributed by atoms with Gasteiger partial charge in [-0.25, -0.2) is 0 Å². The average Bonchev–Trinajstić information content (AvgIpc) is 2.83. The fraction of sp³-hybridized carbons (Fsp3) is 0.286. The maximum atomic E-state index is 12.4. The van der Waals surface area contributed by atoms with Gasteiger partial charge >= 0.3 is 0 Å². The van der Waals surface area contributed by atoms with Gasteiger partial charge in [0.2, 0.25) is 0 Å². The number of hydrogen-bond acceptors (Lipinski definition) is 2. The largest absolute Gasteiger partial charge is 0.335 e. The molecule has 0 aliphatic carbocycles. The highest BCUT2D eigenvalue weighted by Crippen LogP contribution is 2.27. The summed E-state index contributed by atoms with van der Waals surface area (Å²) in [5.74, 6) is -0.0329. The summed E-state index contributed by atoms with van der Waals surface area (Å²) in [6, 6.07) is 7.91. The fourth-order valence-electron chi connectivity index (χ4n) is 1.95. The SMILES string of the molecule is Cc1[nH]ncc1C(=O)N(C)[C@H](C)c1ccccc1Br. The van der Waals surface area contributed by atoms with Gasteiger partial charge in [0.05, 0.1) is 17.8 Å². The fourth-order valence-corrected chi connectivity index (χ4v) is 2.57. The number of aryl methyl sites for hydroxylation is 1. The van der Waals surface area contributed by atoms with Gasteiger partial charge in [-0.1, -0.05) is 34.1 Å². The molecule has 19 heavy (non-hydrogen) atoms. The molecule has 0 unspecified atom stereocenters. The Bertz CT molecular complexity index is 594. The van der Waals surface area contributed by atoms with E-state index in [2.05, 4.69) is 26.1 Å². The molecule has 0 spiro atoms. The second kappa shape index (κ2) is 5.57. The Morgan fingerprint density at radius 1 is 1.42 bits per heavy atom. The standard InChI is InChI=1S/C14H16BrN3O/c1-9-12(8-16-17-9)14(19)18(3)10(2)11-6-4-5-7-13(11)15/h4-8,10H,1-3H3,(H,16,17)/t10-/m1/s1. The maximum Gasteiger partial charge on any atom is 0.257 e. The predicted octanol–water partition coefficient (Wildman–Crippen LogP) is 3.31. The van der Waals surface area contributed by atoms with Gasteiger partial charge in [0.15, 0.2) is 0 Å². The van der Waals surface area contributed by atoms with Gasteiger partial charge in [-0.3, -0.25) is 9.89 Å². The Kier molecular flexibility index (Phi) is 4.04. The van der Waals surface area contributed by atoms with Crippen LogP contribution in [-0.4, -0.2) is 28.1 Å². The molecule has 0 saturated heterocycles. The van der Waals surface area contributed by atoms with E-state index >= 15 is 0 Å². The van der Waals surface area contributed by atoms with E-state index in [1.165, 1.54) is 0 Å². The summed E-state index contributed by atoms with van der Waals surface area (Å²) < 4.78 is 1.01. The van der Waals surface area contributed by atoms with Crippen LogP contribution < -0.4 is 0 Å². The van der Waals surface area contributed by atoms with Crippen LogP contribution >= 0.6 is 15.9 Å².